The van der Waals surface area contributed by atoms with Gasteiger partial charge in [-0.1, -0.05) is 13.3 Å². The summed E-state index contributed by atoms with van der Waals surface area (Å²) in [6.07, 6.45) is 5.07. The molecule has 0 saturated heterocycles. The molecule has 0 aromatic heterocycles. The van der Waals surface area contributed by atoms with E-state index in [1.54, 1.807) is 7.11 Å². The van der Waals surface area contributed by atoms with Gasteiger partial charge in [0.15, 0.2) is 0 Å². The molecular weight excluding hydrogens is 218 g/mol. The van der Waals surface area contributed by atoms with Gasteiger partial charge in [-0.05, 0) is 19.3 Å². The molecule has 0 spiro atoms. The second-order valence-electron chi connectivity index (χ2n) is 4.60. The van der Waals surface area contributed by atoms with Crippen LogP contribution in [0.2, 0.25) is 0 Å². The minimum absolute atomic E-state index is 0.148. The van der Waals surface area contributed by atoms with Crippen molar-refractivity contribution in [3.05, 3.63) is 0 Å². The first-order valence-corrected chi connectivity index (χ1v) is 6.78. The number of ether oxygens (including phenoxy) is 3. The van der Waals surface area contributed by atoms with Crippen molar-refractivity contribution < 1.29 is 14.2 Å². The van der Waals surface area contributed by atoms with E-state index in [1.807, 2.05) is 0 Å². The van der Waals surface area contributed by atoms with E-state index in [1.165, 1.54) is 19.3 Å². The van der Waals surface area contributed by atoms with Crippen molar-refractivity contribution in [2.75, 3.05) is 40.1 Å². The summed E-state index contributed by atoms with van der Waals surface area (Å²) in [5.41, 5.74) is 0. The minimum Gasteiger partial charge on any atom is -0.382 e. The summed E-state index contributed by atoms with van der Waals surface area (Å²) in [4.78, 5) is 0. The largest absolute Gasteiger partial charge is 0.382 e. The smallest absolute Gasteiger partial charge is 0.0933 e. The zero-order valence-electron chi connectivity index (χ0n) is 11.2. The van der Waals surface area contributed by atoms with Crippen LogP contribution in [0.15, 0.2) is 0 Å². The van der Waals surface area contributed by atoms with Crippen LogP contribution in [0.5, 0.6) is 0 Å². The summed E-state index contributed by atoms with van der Waals surface area (Å²) in [6, 6.07) is 0.721. The first kappa shape index (κ1) is 14.9. The molecule has 1 N–H and O–H groups in total. The molecule has 0 aromatic carbocycles. The minimum atomic E-state index is 0.148. The van der Waals surface area contributed by atoms with Gasteiger partial charge in [0, 0.05) is 26.3 Å². The Balaban J connectivity index is 1.94. The number of methoxy groups -OCH3 is 1. The lowest BCUT2D eigenvalue weighted by Gasteiger charge is -2.17. The van der Waals surface area contributed by atoms with Gasteiger partial charge < -0.3 is 19.5 Å². The van der Waals surface area contributed by atoms with Gasteiger partial charge in [-0.2, -0.15) is 0 Å². The molecule has 1 rings (SSSR count). The summed E-state index contributed by atoms with van der Waals surface area (Å²) < 4.78 is 16.3. The summed E-state index contributed by atoms with van der Waals surface area (Å²) in [5, 5.41) is 3.46. The van der Waals surface area contributed by atoms with Gasteiger partial charge in [-0.15, -0.1) is 0 Å². The number of rotatable bonds is 12. The molecule has 0 heterocycles. The van der Waals surface area contributed by atoms with E-state index < -0.39 is 0 Å². The van der Waals surface area contributed by atoms with Crippen molar-refractivity contribution in [2.24, 2.45) is 0 Å². The molecule has 0 radical (unpaired) electrons. The Kier molecular flexibility index (Phi) is 8.61. The SMILES string of the molecule is CCCCOCCOC(CNC1CC1)COC. The monoisotopic (exact) mass is 245 g/mol. The molecular formula is C13H27NO3. The van der Waals surface area contributed by atoms with Crippen LogP contribution in [0.25, 0.3) is 0 Å². The standard InChI is InChI=1S/C13H27NO3/c1-3-4-7-16-8-9-17-13(11-15-2)10-14-12-5-6-12/h12-14H,3-11H2,1-2H3. The second kappa shape index (κ2) is 9.83. The highest BCUT2D eigenvalue weighted by Crippen LogP contribution is 2.18. The highest BCUT2D eigenvalue weighted by atomic mass is 16.5. The first-order valence-electron chi connectivity index (χ1n) is 6.78. The maximum absolute atomic E-state index is 5.73. The van der Waals surface area contributed by atoms with E-state index in [0.717, 1.165) is 25.6 Å². The summed E-state index contributed by atoms with van der Waals surface area (Å²) in [6.45, 7) is 5.88. The van der Waals surface area contributed by atoms with Crippen LogP contribution in [0.1, 0.15) is 32.6 Å². The molecule has 1 aliphatic rings. The Labute approximate surface area is 105 Å². The van der Waals surface area contributed by atoms with E-state index in [2.05, 4.69) is 12.2 Å². The lowest BCUT2D eigenvalue weighted by molar-refractivity contribution is -0.0277. The van der Waals surface area contributed by atoms with Crippen LogP contribution < -0.4 is 5.32 Å². The van der Waals surface area contributed by atoms with Gasteiger partial charge in [0.25, 0.3) is 0 Å². The third kappa shape index (κ3) is 8.55. The van der Waals surface area contributed by atoms with Crippen LogP contribution in [-0.2, 0) is 14.2 Å². The van der Waals surface area contributed by atoms with Crippen LogP contribution in [-0.4, -0.2) is 52.2 Å². The molecule has 0 aliphatic heterocycles. The zero-order valence-corrected chi connectivity index (χ0v) is 11.2. The number of hydrogen-bond donors (Lipinski definition) is 1. The average Bonchev–Trinajstić information content (AvgIpc) is 3.14. The van der Waals surface area contributed by atoms with Crippen LogP contribution in [0.3, 0.4) is 0 Å². The molecule has 1 fully saturated rings. The molecule has 1 unspecified atom stereocenters. The lowest BCUT2D eigenvalue weighted by atomic mass is 10.3. The topological polar surface area (TPSA) is 39.7 Å². The Bertz CT molecular complexity index is 174. The molecule has 0 aromatic rings. The Morgan fingerprint density at radius 1 is 1.24 bits per heavy atom. The fourth-order valence-corrected chi connectivity index (χ4v) is 1.56. The Morgan fingerprint density at radius 2 is 2.06 bits per heavy atom. The van der Waals surface area contributed by atoms with Crippen LogP contribution >= 0.6 is 0 Å². The van der Waals surface area contributed by atoms with Gasteiger partial charge in [0.05, 0.1) is 25.9 Å². The number of nitrogens with one attached hydrogen (secondary N) is 1. The van der Waals surface area contributed by atoms with Crippen molar-refractivity contribution in [3.8, 4) is 0 Å². The van der Waals surface area contributed by atoms with E-state index >= 15 is 0 Å². The van der Waals surface area contributed by atoms with Gasteiger partial charge in [0.1, 0.15) is 0 Å². The molecule has 0 bridgehead atoms. The second-order valence-corrected chi connectivity index (χ2v) is 4.60. The molecule has 0 amide bonds. The van der Waals surface area contributed by atoms with Crippen molar-refractivity contribution in [2.45, 2.75) is 44.8 Å². The molecule has 1 atom stereocenters. The highest BCUT2D eigenvalue weighted by molar-refractivity contribution is 4.82. The van der Waals surface area contributed by atoms with Gasteiger partial charge in [-0.3, -0.25) is 0 Å². The molecule has 1 aliphatic carbocycles. The summed E-state index contributed by atoms with van der Waals surface area (Å²) >= 11 is 0. The fraction of sp³-hybridized carbons (Fsp3) is 1.00. The summed E-state index contributed by atoms with van der Waals surface area (Å²) in [5.74, 6) is 0. The van der Waals surface area contributed by atoms with Crippen LogP contribution in [0, 0.1) is 0 Å². The average molecular weight is 245 g/mol. The third-order valence-corrected chi connectivity index (χ3v) is 2.79. The van der Waals surface area contributed by atoms with Crippen molar-refractivity contribution in [1.29, 1.82) is 0 Å². The number of unbranched alkanes of at least 4 members (excludes halogenated alkanes) is 1. The highest BCUT2D eigenvalue weighted by Gasteiger charge is 2.22. The maximum Gasteiger partial charge on any atom is 0.0933 e. The molecule has 102 valence electrons. The van der Waals surface area contributed by atoms with E-state index in [9.17, 15) is 0 Å². The quantitative estimate of drug-likeness (QED) is 0.530. The first-order chi connectivity index (χ1) is 8.36. The van der Waals surface area contributed by atoms with Crippen molar-refractivity contribution in [1.82, 2.24) is 5.32 Å². The van der Waals surface area contributed by atoms with Gasteiger partial charge >= 0.3 is 0 Å². The maximum atomic E-state index is 5.73. The van der Waals surface area contributed by atoms with E-state index in [4.69, 9.17) is 14.2 Å². The van der Waals surface area contributed by atoms with Crippen molar-refractivity contribution in [3.63, 3.8) is 0 Å². The third-order valence-electron chi connectivity index (χ3n) is 2.79. The van der Waals surface area contributed by atoms with Crippen LogP contribution in [0.4, 0.5) is 0 Å². The van der Waals surface area contributed by atoms with Crippen molar-refractivity contribution >= 4 is 0 Å². The summed E-state index contributed by atoms with van der Waals surface area (Å²) in [7, 11) is 1.71. The van der Waals surface area contributed by atoms with Gasteiger partial charge in [-0.25, -0.2) is 0 Å². The zero-order chi connectivity index (χ0) is 12.3. The number of hydrogen-bond acceptors (Lipinski definition) is 4. The Hall–Kier alpha value is -0.160. The predicted octanol–water partition coefficient (Wildman–Crippen LogP) is 1.59. The molecule has 4 nitrogen and oxygen atoms in total. The van der Waals surface area contributed by atoms with Gasteiger partial charge in [0.2, 0.25) is 0 Å². The normalized spacial score (nSPS) is 17.3. The van der Waals surface area contributed by atoms with E-state index in [-0.39, 0.29) is 6.10 Å². The molecule has 17 heavy (non-hydrogen) atoms. The predicted molar refractivity (Wildman–Crippen MR) is 68.4 cm³/mol. The molecule has 4 heteroatoms. The fourth-order valence-electron chi connectivity index (χ4n) is 1.56. The van der Waals surface area contributed by atoms with E-state index in [0.29, 0.717) is 19.8 Å². The lowest BCUT2D eigenvalue weighted by Crippen LogP contribution is -2.34. The molecule has 1 saturated carbocycles. The Morgan fingerprint density at radius 3 is 2.71 bits per heavy atom.